The van der Waals surface area contributed by atoms with Crippen molar-refractivity contribution in [3.63, 3.8) is 0 Å². The van der Waals surface area contributed by atoms with Gasteiger partial charge >= 0.3 is 5.97 Å². The van der Waals surface area contributed by atoms with Crippen molar-refractivity contribution in [1.82, 2.24) is 19.7 Å². The Kier molecular flexibility index (Phi) is 7.57. The minimum absolute atomic E-state index is 0.150. The van der Waals surface area contributed by atoms with Crippen LogP contribution in [-0.4, -0.2) is 52.8 Å². The molecule has 202 valence electrons. The van der Waals surface area contributed by atoms with E-state index in [0.29, 0.717) is 40.6 Å². The van der Waals surface area contributed by atoms with Crippen LogP contribution in [0.3, 0.4) is 0 Å². The zero-order valence-electron chi connectivity index (χ0n) is 21.2. The van der Waals surface area contributed by atoms with Crippen molar-refractivity contribution < 1.29 is 23.1 Å². The van der Waals surface area contributed by atoms with Gasteiger partial charge in [-0.05, 0) is 61.4 Å². The summed E-state index contributed by atoms with van der Waals surface area (Å²) in [5, 5.41) is 9.74. The molecule has 0 saturated carbocycles. The third-order valence-corrected chi connectivity index (χ3v) is 8.73. The average molecular weight is 556 g/mol. The quantitative estimate of drug-likeness (QED) is 0.147. The van der Waals surface area contributed by atoms with Crippen LogP contribution in [-0.2, 0) is 14.8 Å². The number of nitrogens with two attached hydrogens (primary N) is 1. The fraction of sp³-hybridized carbons (Fsp3) is 0.172. The summed E-state index contributed by atoms with van der Waals surface area (Å²) in [6.07, 6.45) is 3.78. The Morgan fingerprint density at radius 3 is 2.20 bits per heavy atom. The lowest BCUT2D eigenvalue weighted by molar-refractivity contribution is -0.142. The van der Waals surface area contributed by atoms with Gasteiger partial charge in [0.2, 0.25) is 10.0 Å². The number of aromatic nitrogens is 2. The molecule has 0 unspecified atom stereocenters. The largest absolute Gasteiger partial charge is 0.481 e. The van der Waals surface area contributed by atoms with E-state index in [-0.39, 0.29) is 18.0 Å². The maximum Gasteiger partial charge on any atom is 0.306 e. The molecule has 10 nitrogen and oxygen atoms in total. The number of hydrogen-bond donors (Lipinski definition) is 3. The van der Waals surface area contributed by atoms with Gasteiger partial charge in [-0.15, -0.1) is 0 Å². The minimum Gasteiger partial charge on any atom is -0.481 e. The van der Waals surface area contributed by atoms with E-state index < -0.39 is 27.8 Å². The van der Waals surface area contributed by atoms with E-state index in [1.165, 1.54) is 16.4 Å². The Balaban J connectivity index is 1.31. The lowest BCUT2D eigenvalue weighted by Crippen LogP contribution is -2.40. The topological polar surface area (TPSA) is 156 Å². The van der Waals surface area contributed by atoms with Crippen LogP contribution in [0.5, 0.6) is 0 Å². The second-order valence-electron chi connectivity index (χ2n) is 9.29. The van der Waals surface area contributed by atoms with Crippen LogP contribution >= 0.6 is 0 Å². The van der Waals surface area contributed by atoms with Crippen LogP contribution in [0.1, 0.15) is 34.3 Å². The van der Waals surface area contributed by atoms with E-state index in [4.69, 9.17) is 10.9 Å². The molecule has 1 aliphatic rings. The van der Waals surface area contributed by atoms with Crippen molar-refractivity contribution in [2.75, 3.05) is 13.1 Å². The van der Waals surface area contributed by atoms with Crippen LogP contribution in [0, 0.1) is 17.8 Å². The Morgan fingerprint density at radius 1 is 0.975 bits per heavy atom. The maximum atomic E-state index is 13.0. The molecule has 0 atom stereocenters. The van der Waals surface area contributed by atoms with Gasteiger partial charge in [-0.1, -0.05) is 24.0 Å². The molecule has 4 N–H and O–H groups in total. The van der Waals surface area contributed by atoms with Gasteiger partial charge in [0.25, 0.3) is 5.91 Å². The molecule has 11 heteroatoms. The molecule has 5 rings (SSSR count). The number of carbonyl (C=O) groups is 2. The van der Waals surface area contributed by atoms with Gasteiger partial charge in [0, 0.05) is 47.6 Å². The van der Waals surface area contributed by atoms with E-state index in [9.17, 15) is 18.0 Å². The highest BCUT2D eigenvalue weighted by atomic mass is 32.2. The number of aliphatic carboxylic acids is 1. The summed E-state index contributed by atoms with van der Waals surface area (Å²) >= 11 is 0. The highest BCUT2D eigenvalue weighted by Crippen LogP contribution is 2.26. The first-order chi connectivity index (χ1) is 19.3. The van der Waals surface area contributed by atoms with E-state index in [2.05, 4.69) is 27.2 Å². The lowest BCUT2D eigenvalue weighted by atomic mass is 9.99. The van der Waals surface area contributed by atoms with Gasteiger partial charge in [-0.25, -0.2) is 19.2 Å². The lowest BCUT2D eigenvalue weighted by Gasteiger charge is -2.29. The number of nitrogens with zero attached hydrogens (tertiary/aromatic N) is 3. The third-order valence-electron chi connectivity index (χ3n) is 6.81. The second kappa shape index (κ2) is 11.2. The van der Waals surface area contributed by atoms with Crippen molar-refractivity contribution >= 4 is 32.8 Å². The molecule has 1 fully saturated rings. The number of carbonyl (C=O) groups excluding carboxylic acids is 1. The molecule has 1 saturated heterocycles. The summed E-state index contributed by atoms with van der Waals surface area (Å²) in [5.74, 6) is 9.64. The summed E-state index contributed by atoms with van der Waals surface area (Å²) in [6, 6.07) is 17.1. The monoisotopic (exact) mass is 555 g/mol. The van der Waals surface area contributed by atoms with E-state index in [0.717, 1.165) is 11.1 Å². The Hall–Kier alpha value is -4.63. The molecule has 1 aliphatic heterocycles. The highest BCUT2D eigenvalue weighted by molar-refractivity contribution is 7.89. The van der Waals surface area contributed by atoms with E-state index in [1.54, 1.807) is 36.7 Å². The van der Waals surface area contributed by atoms with E-state index >= 15 is 0 Å². The standard InChI is InChI=1S/C29H25N5O5S/c30-33-28(35)24-17-27(32-26-11-14-31-18-25(24)26)21-7-3-19(4-8-21)1-2-20-5-9-23(10-6-20)40(38,39)34-15-12-22(13-16-34)29(36)37/h3-11,14,17-18,22H,12-13,15-16,30H2,(H,33,35)(H,36,37). The maximum absolute atomic E-state index is 13.0. The minimum atomic E-state index is -3.70. The number of hydrogen-bond acceptors (Lipinski definition) is 7. The smallest absolute Gasteiger partial charge is 0.306 e. The van der Waals surface area contributed by atoms with Crippen LogP contribution in [0.15, 0.2) is 78.0 Å². The predicted octanol–water partition coefficient (Wildman–Crippen LogP) is 2.79. The normalized spacial score (nSPS) is 14.3. The molecule has 0 bridgehead atoms. The summed E-state index contributed by atoms with van der Waals surface area (Å²) < 4.78 is 27.2. The van der Waals surface area contributed by atoms with E-state index in [1.807, 2.05) is 24.3 Å². The van der Waals surface area contributed by atoms with Crippen molar-refractivity contribution in [1.29, 1.82) is 0 Å². The van der Waals surface area contributed by atoms with Gasteiger partial charge in [0.05, 0.1) is 27.6 Å². The molecule has 0 aliphatic carbocycles. The van der Waals surface area contributed by atoms with Gasteiger partial charge in [0.1, 0.15) is 0 Å². The van der Waals surface area contributed by atoms with Crippen LogP contribution in [0.25, 0.3) is 22.2 Å². The number of piperidine rings is 1. The second-order valence-corrected chi connectivity index (χ2v) is 11.2. The Morgan fingerprint density at radius 2 is 1.60 bits per heavy atom. The van der Waals surface area contributed by atoms with Gasteiger partial charge in [-0.3, -0.25) is 20.0 Å². The van der Waals surface area contributed by atoms with Crippen LogP contribution in [0.4, 0.5) is 0 Å². The number of pyridine rings is 2. The van der Waals surface area contributed by atoms with Gasteiger partial charge < -0.3 is 5.11 Å². The molecule has 40 heavy (non-hydrogen) atoms. The van der Waals surface area contributed by atoms with Crippen molar-refractivity contribution in [3.05, 3.63) is 89.7 Å². The van der Waals surface area contributed by atoms with Crippen LogP contribution in [0.2, 0.25) is 0 Å². The number of hydrazine groups is 1. The van der Waals surface area contributed by atoms with Gasteiger partial charge in [0.15, 0.2) is 0 Å². The van der Waals surface area contributed by atoms with Crippen molar-refractivity contribution in [2.45, 2.75) is 17.7 Å². The SMILES string of the molecule is NNC(=O)c1cc(-c2ccc(C#Cc3ccc(S(=O)(=O)N4CCC(C(=O)O)CC4)cc3)cc2)nc2ccncc12. The molecular weight excluding hydrogens is 530 g/mol. The molecule has 2 aromatic carbocycles. The summed E-state index contributed by atoms with van der Waals surface area (Å²) in [4.78, 5) is 32.3. The number of benzene rings is 2. The Bertz CT molecular complexity index is 1750. The van der Waals surface area contributed by atoms with Crippen molar-refractivity contribution in [2.24, 2.45) is 11.8 Å². The number of rotatable bonds is 5. The predicted molar refractivity (Wildman–Crippen MR) is 148 cm³/mol. The number of nitrogens with one attached hydrogen (secondary N) is 1. The number of carboxylic acids is 1. The third kappa shape index (κ3) is 5.55. The first-order valence-electron chi connectivity index (χ1n) is 12.5. The zero-order chi connectivity index (χ0) is 28.3. The number of sulfonamides is 1. The van der Waals surface area contributed by atoms with Crippen molar-refractivity contribution in [3.8, 4) is 23.1 Å². The summed E-state index contributed by atoms with van der Waals surface area (Å²) in [5.41, 5.74) is 5.92. The first-order valence-corrected chi connectivity index (χ1v) is 13.9. The average Bonchev–Trinajstić information content (AvgIpc) is 2.99. The summed E-state index contributed by atoms with van der Waals surface area (Å²) in [7, 11) is -3.70. The molecular formula is C29H25N5O5S. The Labute approximate surface area is 230 Å². The molecule has 1 amide bonds. The number of carboxylic acid groups (broad SMARTS) is 1. The zero-order valence-corrected chi connectivity index (χ0v) is 22.1. The first kappa shape index (κ1) is 27.0. The summed E-state index contributed by atoms with van der Waals surface area (Å²) in [6.45, 7) is 0.370. The fourth-order valence-electron chi connectivity index (χ4n) is 4.55. The molecule has 4 aromatic rings. The fourth-order valence-corrected chi connectivity index (χ4v) is 6.02. The van der Waals surface area contributed by atoms with Gasteiger partial charge in [-0.2, -0.15) is 4.31 Å². The number of amides is 1. The molecule has 0 spiro atoms. The van der Waals surface area contributed by atoms with Crippen LogP contribution < -0.4 is 11.3 Å². The highest BCUT2D eigenvalue weighted by Gasteiger charge is 2.31. The number of nitrogen functional groups attached to an aromatic ring is 1. The number of fused-ring (bicyclic) bond motifs is 1. The molecule has 3 heterocycles. The molecule has 2 aromatic heterocycles. The molecule has 0 radical (unpaired) electrons.